The topological polar surface area (TPSA) is 75.7 Å². The van der Waals surface area contributed by atoms with Crippen LogP contribution in [0.4, 0.5) is 0 Å². The van der Waals surface area contributed by atoms with Crippen molar-refractivity contribution in [1.29, 1.82) is 0 Å². The van der Waals surface area contributed by atoms with E-state index in [1.807, 2.05) is 49.5 Å². The molecule has 1 amide bonds. The van der Waals surface area contributed by atoms with Gasteiger partial charge in [0.05, 0.1) is 12.8 Å². The Labute approximate surface area is 163 Å². The molecule has 1 fully saturated rings. The number of aromatic amines is 1. The number of carbonyl (C=O) groups excluding carboxylic acids is 1. The molecule has 2 aromatic carbocycles. The molecule has 1 aliphatic rings. The van der Waals surface area contributed by atoms with E-state index >= 15 is 0 Å². The van der Waals surface area contributed by atoms with Crippen molar-refractivity contribution in [1.82, 2.24) is 10.4 Å². The number of rotatable bonds is 6. The third kappa shape index (κ3) is 4.07. The molecule has 1 aliphatic heterocycles. The first kappa shape index (κ1) is 18.3. The number of benzene rings is 2. The van der Waals surface area contributed by atoms with Crippen LogP contribution in [0, 0.1) is 6.92 Å². The highest BCUT2D eigenvalue weighted by atomic mass is 16.5. The fourth-order valence-corrected chi connectivity index (χ4v) is 3.47. The van der Waals surface area contributed by atoms with E-state index in [1.165, 1.54) is 0 Å². The maximum Gasteiger partial charge on any atom is 0.277 e. The van der Waals surface area contributed by atoms with Crippen molar-refractivity contribution in [2.45, 2.75) is 19.3 Å². The van der Waals surface area contributed by atoms with Crippen LogP contribution in [0.5, 0.6) is 5.75 Å². The van der Waals surface area contributed by atoms with Crippen LogP contribution >= 0.6 is 0 Å². The van der Waals surface area contributed by atoms with E-state index in [4.69, 9.17) is 9.47 Å². The molecular formula is C22H23N3O3. The molecule has 0 aliphatic carbocycles. The highest BCUT2D eigenvalue weighted by Crippen LogP contribution is 2.34. The number of hydrogen-bond donors (Lipinski definition) is 2. The number of hydrazone groups is 1. The third-order valence-electron chi connectivity index (χ3n) is 4.94. The summed E-state index contributed by atoms with van der Waals surface area (Å²) in [5.41, 5.74) is 6.57. The Morgan fingerprint density at radius 1 is 1.36 bits per heavy atom. The minimum atomic E-state index is -0.297. The van der Waals surface area contributed by atoms with Crippen LogP contribution < -0.4 is 10.2 Å². The molecule has 4 rings (SSSR count). The van der Waals surface area contributed by atoms with Gasteiger partial charge in [0.15, 0.2) is 6.61 Å². The zero-order valence-electron chi connectivity index (χ0n) is 15.8. The maximum absolute atomic E-state index is 12.1. The second kappa shape index (κ2) is 8.27. The Morgan fingerprint density at radius 2 is 2.29 bits per heavy atom. The molecule has 1 atom stereocenters. The zero-order chi connectivity index (χ0) is 19.3. The average Bonchev–Trinajstić information content (AvgIpc) is 3.38. The fraction of sp³-hybridized carbons (Fsp3) is 0.273. The number of nitrogens with zero attached hydrogens (tertiary/aromatic N) is 1. The summed E-state index contributed by atoms with van der Waals surface area (Å²) in [4.78, 5) is 15.3. The summed E-state index contributed by atoms with van der Waals surface area (Å²) in [5, 5.41) is 5.16. The van der Waals surface area contributed by atoms with Crippen molar-refractivity contribution < 1.29 is 14.3 Å². The van der Waals surface area contributed by atoms with Crippen molar-refractivity contribution >= 4 is 23.0 Å². The van der Waals surface area contributed by atoms with Gasteiger partial charge in [0.1, 0.15) is 5.75 Å². The van der Waals surface area contributed by atoms with Gasteiger partial charge < -0.3 is 14.5 Å². The lowest BCUT2D eigenvalue weighted by molar-refractivity contribution is -0.123. The quantitative estimate of drug-likeness (QED) is 0.510. The Balaban J connectivity index is 1.35. The predicted octanol–water partition coefficient (Wildman–Crippen LogP) is 3.51. The molecule has 6 nitrogen and oxygen atoms in total. The van der Waals surface area contributed by atoms with Gasteiger partial charge in [-0.3, -0.25) is 4.79 Å². The van der Waals surface area contributed by atoms with Crippen LogP contribution in [0.1, 0.15) is 29.0 Å². The fourth-order valence-electron chi connectivity index (χ4n) is 3.47. The number of H-pyrrole nitrogens is 1. The van der Waals surface area contributed by atoms with Crippen LogP contribution in [0.15, 0.2) is 53.8 Å². The minimum Gasteiger partial charge on any atom is -0.483 e. The molecule has 1 unspecified atom stereocenters. The third-order valence-corrected chi connectivity index (χ3v) is 4.94. The first-order valence-corrected chi connectivity index (χ1v) is 9.40. The molecule has 0 saturated carbocycles. The molecule has 6 heteroatoms. The summed E-state index contributed by atoms with van der Waals surface area (Å²) in [6.07, 6.45) is 4.48. The standard InChI is InChI=1S/C22H23N3O3/c1-15-3-2-4-19(18-8-10-27-13-18)22(15)28-14-21(26)25-24-12-16-5-6-17-7-9-23-20(17)11-16/h2-7,9,11-12,18,23H,8,10,13-14H2,1H3,(H,25,26). The van der Waals surface area contributed by atoms with Crippen molar-refractivity contribution in [2.24, 2.45) is 5.10 Å². The summed E-state index contributed by atoms with van der Waals surface area (Å²) in [6, 6.07) is 14.0. The predicted molar refractivity (Wildman–Crippen MR) is 109 cm³/mol. The van der Waals surface area contributed by atoms with E-state index in [0.717, 1.165) is 46.4 Å². The summed E-state index contributed by atoms with van der Waals surface area (Å²) >= 11 is 0. The Bertz CT molecular complexity index is 1000. The van der Waals surface area contributed by atoms with Gasteiger partial charge in [-0.25, -0.2) is 5.43 Å². The van der Waals surface area contributed by atoms with E-state index in [1.54, 1.807) is 6.21 Å². The number of fused-ring (bicyclic) bond motifs is 1. The number of aromatic nitrogens is 1. The lowest BCUT2D eigenvalue weighted by Crippen LogP contribution is -2.25. The van der Waals surface area contributed by atoms with Crippen LogP contribution in [-0.4, -0.2) is 36.9 Å². The first-order chi connectivity index (χ1) is 13.7. The van der Waals surface area contributed by atoms with Gasteiger partial charge in [-0.1, -0.05) is 30.3 Å². The van der Waals surface area contributed by atoms with Crippen molar-refractivity contribution in [2.75, 3.05) is 19.8 Å². The van der Waals surface area contributed by atoms with Crippen LogP contribution in [0.3, 0.4) is 0 Å². The number of ether oxygens (including phenoxy) is 2. The van der Waals surface area contributed by atoms with Crippen molar-refractivity contribution in [3.8, 4) is 5.75 Å². The van der Waals surface area contributed by atoms with Crippen LogP contribution in [-0.2, 0) is 9.53 Å². The highest BCUT2D eigenvalue weighted by Gasteiger charge is 2.22. The maximum atomic E-state index is 12.1. The van der Waals surface area contributed by atoms with E-state index in [2.05, 4.69) is 21.6 Å². The summed E-state index contributed by atoms with van der Waals surface area (Å²) < 4.78 is 11.3. The molecule has 0 spiro atoms. The Morgan fingerprint density at radius 3 is 3.14 bits per heavy atom. The molecule has 0 radical (unpaired) electrons. The number of para-hydroxylation sites is 1. The largest absolute Gasteiger partial charge is 0.483 e. The lowest BCUT2D eigenvalue weighted by atomic mass is 9.95. The lowest BCUT2D eigenvalue weighted by Gasteiger charge is -2.17. The number of nitrogens with one attached hydrogen (secondary N) is 2. The number of carbonyl (C=O) groups is 1. The highest BCUT2D eigenvalue weighted by molar-refractivity contribution is 5.89. The minimum absolute atomic E-state index is 0.0849. The molecule has 144 valence electrons. The van der Waals surface area contributed by atoms with Gasteiger partial charge >= 0.3 is 0 Å². The number of hydrogen-bond acceptors (Lipinski definition) is 4. The molecular weight excluding hydrogens is 354 g/mol. The Hall–Kier alpha value is -3.12. The second-order valence-electron chi connectivity index (χ2n) is 6.96. The first-order valence-electron chi connectivity index (χ1n) is 9.40. The molecule has 3 aromatic rings. The molecule has 0 bridgehead atoms. The SMILES string of the molecule is Cc1cccc(C2CCOC2)c1OCC(=O)NN=Cc1ccc2cc[nH]c2c1. The van der Waals surface area contributed by atoms with E-state index in [-0.39, 0.29) is 12.5 Å². The molecule has 28 heavy (non-hydrogen) atoms. The second-order valence-corrected chi connectivity index (χ2v) is 6.96. The van der Waals surface area contributed by atoms with Crippen LogP contribution in [0.2, 0.25) is 0 Å². The number of amides is 1. The van der Waals surface area contributed by atoms with Gasteiger partial charge in [-0.05, 0) is 47.6 Å². The van der Waals surface area contributed by atoms with Crippen molar-refractivity contribution in [3.05, 3.63) is 65.4 Å². The van der Waals surface area contributed by atoms with E-state index in [9.17, 15) is 4.79 Å². The molecule has 2 N–H and O–H groups in total. The van der Waals surface area contributed by atoms with Gasteiger partial charge in [0, 0.05) is 24.2 Å². The summed E-state index contributed by atoms with van der Waals surface area (Å²) in [6.45, 7) is 3.36. The van der Waals surface area contributed by atoms with E-state index in [0.29, 0.717) is 12.5 Å². The van der Waals surface area contributed by atoms with Gasteiger partial charge in [-0.15, -0.1) is 0 Å². The van der Waals surface area contributed by atoms with Gasteiger partial charge in [0.2, 0.25) is 0 Å². The zero-order valence-corrected chi connectivity index (χ0v) is 15.8. The number of aryl methyl sites for hydroxylation is 1. The molecule has 1 saturated heterocycles. The Kier molecular flexibility index (Phi) is 5.39. The summed E-state index contributed by atoms with van der Waals surface area (Å²) in [5.74, 6) is 0.794. The van der Waals surface area contributed by atoms with Crippen LogP contribution in [0.25, 0.3) is 10.9 Å². The van der Waals surface area contributed by atoms with E-state index < -0.39 is 0 Å². The van der Waals surface area contributed by atoms with Gasteiger partial charge in [-0.2, -0.15) is 5.10 Å². The van der Waals surface area contributed by atoms with Crippen molar-refractivity contribution in [3.63, 3.8) is 0 Å². The normalized spacial score (nSPS) is 16.7. The smallest absolute Gasteiger partial charge is 0.277 e. The monoisotopic (exact) mass is 377 g/mol. The molecule has 2 heterocycles. The van der Waals surface area contributed by atoms with Gasteiger partial charge in [0.25, 0.3) is 5.91 Å². The molecule has 1 aromatic heterocycles. The summed E-state index contributed by atoms with van der Waals surface area (Å²) in [7, 11) is 0. The average molecular weight is 377 g/mol.